The fourth-order valence-corrected chi connectivity index (χ4v) is 2.32. The number of phenols is 1. The molecule has 90 valence electrons. The zero-order chi connectivity index (χ0) is 12.3. The van der Waals surface area contributed by atoms with Crippen LogP contribution in [0.1, 0.15) is 45.6 Å². The number of halogens is 1. The van der Waals surface area contributed by atoms with Gasteiger partial charge in [0.1, 0.15) is 11.6 Å². The molecule has 0 aromatic heterocycles. The topological polar surface area (TPSA) is 46.2 Å². The lowest BCUT2D eigenvalue weighted by Gasteiger charge is -2.31. The van der Waals surface area contributed by atoms with Crippen molar-refractivity contribution >= 4 is 5.69 Å². The Morgan fingerprint density at radius 3 is 2.12 bits per heavy atom. The fraction of sp³-hybridized carbons (Fsp3) is 0.538. The predicted octanol–water partition coefficient (Wildman–Crippen LogP) is 3.58. The van der Waals surface area contributed by atoms with E-state index >= 15 is 0 Å². The van der Waals surface area contributed by atoms with Crippen LogP contribution in [0.25, 0.3) is 0 Å². The number of benzene rings is 1. The van der Waals surface area contributed by atoms with Crippen LogP contribution in [0.2, 0.25) is 0 Å². The van der Waals surface area contributed by atoms with Crippen LogP contribution in [0.15, 0.2) is 12.1 Å². The van der Waals surface area contributed by atoms with Crippen molar-refractivity contribution in [2.45, 2.75) is 45.4 Å². The second-order valence-electron chi connectivity index (χ2n) is 4.23. The lowest BCUT2D eigenvalue weighted by molar-refractivity contribution is 0.356. The summed E-state index contributed by atoms with van der Waals surface area (Å²) in [6, 6.07) is 2.68. The molecule has 2 nitrogen and oxygen atoms in total. The molecule has 0 fully saturated rings. The minimum absolute atomic E-state index is 0.00143. The van der Waals surface area contributed by atoms with Crippen LogP contribution in [0.5, 0.6) is 5.75 Å². The van der Waals surface area contributed by atoms with E-state index in [0.717, 1.165) is 19.3 Å². The number of anilines is 1. The van der Waals surface area contributed by atoms with Gasteiger partial charge in [0, 0.05) is 11.6 Å². The standard InChI is InChI=1S/C13H20FNO/c1-4-13(5-2,6-3)9-7-10(14)11(15)8-12(9)16/h7-8,16H,4-6,15H2,1-3H3. The molecule has 0 saturated carbocycles. The summed E-state index contributed by atoms with van der Waals surface area (Å²) in [5.41, 5.74) is 5.94. The first-order valence-corrected chi connectivity index (χ1v) is 5.79. The summed E-state index contributed by atoms with van der Waals surface area (Å²) in [4.78, 5) is 0. The molecule has 0 spiro atoms. The van der Waals surface area contributed by atoms with Crippen molar-refractivity contribution in [1.29, 1.82) is 0 Å². The number of rotatable bonds is 4. The number of aromatic hydroxyl groups is 1. The number of hydrogen-bond donors (Lipinski definition) is 2. The van der Waals surface area contributed by atoms with Crippen LogP contribution in [-0.4, -0.2) is 5.11 Å². The Kier molecular flexibility index (Phi) is 3.79. The summed E-state index contributed by atoms with van der Waals surface area (Å²) >= 11 is 0. The van der Waals surface area contributed by atoms with Gasteiger partial charge in [-0.1, -0.05) is 20.8 Å². The summed E-state index contributed by atoms with van der Waals surface area (Å²) < 4.78 is 13.5. The third-order valence-corrected chi connectivity index (χ3v) is 3.72. The van der Waals surface area contributed by atoms with Gasteiger partial charge in [-0.2, -0.15) is 0 Å². The Morgan fingerprint density at radius 1 is 1.19 bits per heavy atom. The molecule has 1 aromatic rings. The van der Waals surface area contributed by atoms with Gasteiger partial charge in [0.25, 0.3) is 0 Å². The molecule has 1 aromatic carbocycles. The average Bonchev–Trinajstić information content (AvgIpc) is 2.28. The number of nitrogens with two attached hydrogens (primary N) is 1. The van der Waals surface area contributed by atoms with E-state index in [1.807, 2.05) is 0 Å². The summed E-state index contributed by atoms with van der Waals surface area (Å²) in [5, 5.41) is 9.90. The second kappa shape index (κ2) is 4.73. The highest BCUT2D eigenvalue weighted by Gasteiger charge is 2.29. The number of phenolic OH excluding ortho intramolecular Hbond substituents is 1. The summed E-state index contributed by atoms with van der Waals surface area (Å²) in [6.45, 7) is 6.17. The molecular weight excluding hydrogens is 205 g/mol. The Labute approximate surface area is 96.3 Å². The Hall–Kier alpha value is -1.25. The minimum atomic E-state index is -0.451. The normalized spacial score (nSPS) is 11.8. The third-order valence-electron chi connectivity index (χ3n) is 3.72. The van der Waals surface area contributed by atoms with Crippen LogP contribution in [0.4, 0.5) is 10.1 Å². The molecule has 0 aliphatic heterocycles. The zero-order valence-corrected chi connectivity index (χ0v) is 10.2. The molecule has 0 unspecified atom stereocenters. The van der Waals surface area contributed by atoms with E-state index in [2.05, 4.69) is 20.8 Å². The van der Waals surface area contributed by atoms with Gasteiger partial charge in [0.05, 0.1) is 5.69 Å². The quantitative estimate of drug-likeness (QED) is 0.769. The highest BCUT2D eigenvalue weighted by Crippen LogP contribution is 2.41. The predicted molar refractivity (Wildman–Crippen MR) is 65.0 cm³/mol. The smallest absolute Gasteiger partial charge is 0.146 e. The molecular formula is C13H20FNO. The lowest BCUT2D eigenvalue weighted by atomic mass is 9.73. The molecule has 0 saturated heterocycles. The highest BCUT2D eigenvalue weighted by atomic mass is 19.1. The van der Waals surface area contributed by atoms with E-state index in [1.165, 1.54) is 12.1 Å². The second-order valence-corrected chi connectivity index (χ2v) is 4.23. The Balaban J connectivity index is 3.35. The van der Waals surface area contributed by atoms with Crippen molar-refractivity contribution in [2.24, 2.45) is 0 Å². The van der Waals surface area contributed by atoms with Crippen molar-refractivity contribution in [3.63, 3.8) is 0 Å². The first-order valence-electron chi connectivity index (χ1n) is 5.79. The lowest BCUT2D eigenvalue weighted by Crippen LogP contribution is -2.23. The van der Waals surface area contributed by atoms with Gasteiger partial charge in [-0.15, -0.1) is 0 Å². The van der Waals surface area contributed by atoms with Crippen molar-refractivity contribution in [3.05, 3.63) is 23.5 Å². The van der Waals surface area contributed by atoms with Crippen LogP contribution in [-0.2, 0) is 5.41 Å². The third kappa shape index (κ3) is 1.99. The van der Waals surface area contributed by atoms with E-state index in [9.17, 15) is 9.50 Å². The van der Waals surface area contributed by atoms with Crippen LogP contribution < -0.4 is 5.73 Å². The number of hydrogen-bond acceptors (Lipinski definition) is 2. The van der Waals surface area contributed by atoms with E-state index in [-0.39, 0.29) is 16.9 Å². The van der Waals surface area contributed by atoms with Gasteiger partial charge in [0.15, 0.2) is 0 Å². The maximum Gasteiger partial charge on any atom is 0.146 e. The molecule has 3 heteroatoms. The summed E-state index contributed by atoms with van der Waals surface area (Å²) in [7, 11) is 0. The maximum absolute atomic E-state index is 13.5. The van der Waals surface area contributed by atoms with E-state index < -0.39 is 5.82 Å². The first-order chi connectivity index (χ1) is 7.50. The van der Waals surface area contributed by atoms with Gasteiger partial charge >= 0.3 is 0 Å². The number of nitrogen functional groups attached to an aromatic ring is 1. The van der Waals surface area contributed by atoms with Gasteiger partial charge in [0.2, 0.25) is 0 Å². The van der Waals surface area contributed by atoms with E-state index in [4.69, 9.17) is 5.73 Å². The zero-order valence-electron chi connectivity index (χ0n) is 10.2. The van der Waals surface area contributed by atoms with Gasteiger partial charge in [-0.25, -0.2) is 4.39 Å². The van der Waals surface area contributed by atoms with Crippen LogP contribution in [0.3, 0.4) is 0 Å². The van der Waals surface area contributed by atoms with Crippen molar-refractivity contribution in [2.75, 3.05) is 5.73 Å². The Bertz CT molecular complexity index is 364. The Morgan fingerprint density at radius 2 is 1.69 bits per heavy atom. The van der Waals surface area contributed by atoms with Crippen LogP contribution in [0, 0.1) is 5.82 Å². The maximum atomic E-state index is 13.5. The minimum Gasteiger partial charge on any atom is -0.508 e. The molecule has 1 rings (SSSR count). The molecule has 0 heterocycles. The van der Waals surface area contributed by atoms with Crippen molar-refractivity contribution in [1.82, 2.24) is 0 Å². The van der Waals surface area contributed by atoms with E-state index in [0.29, 0.717) is 5.56 Å². The van der Waals surface area contributed by atoms with Crippen molar-refractivity contribution in [3.8, 4) is 5.75 Å². The van der Waals surface area contributed by atoms with Gasteiger partial charge in [-0.05, 0) is 30.7 Å². The van der Waals surface area contributed by atoms with Crippen molar-refractivity contribution < 1.29 is 9.50 Å². The SMILES string of the molecule is CCC(CC)(CC)c1cc(F)c(N)cc1O. The molecule has 0 bridgehead atoms. The molecule has 3 N–H and O–H groups in total. The molecule has 0 aliphatic carbocycles. The molecule has 0 aliphatic rings. The van der Waals surface area contributed by atoms with E-state index in [1.54, 1.807) is 0 Å². The summed E-state index contributed by atoms with van der Waals surface area (Å²) in [6.07, 6.45) is 2.62. The first kappa shape index (κ1) is 12.8. The molecule has 0 radical (unpaired) electrons. The highest BCUT2D eigenvalue weighted by molar-refractivity contribution is 5.51. The largest absolute Gasteiger partial charge is 0.508 e. The summed E-state index contributed by atoms with van der Waals surface area (Å²) in [5.74, 6) is -0.350. The average molecular weight is 225 g/mol. The molecule has 16 heavy (non-hydrogen) atoms. The van der Waals surface area contributed by atoms with Gasteiger partial charge in [-0.3, -0.25) is 0 Å². The van der Waals surface area contributed by atoms with Crippen LogP contribution >= 0.6 is 0 Å². The monoisotopic (exact) mass is 225 g/mol. The fourth-order valence-electron chi connectivity index (χ4n) is 2.32. The van der Waals surface area contributed by atoms with Gasteiger partial charge < -0.3 is 10.8 Å². The molecule has 0 amide bonds. The molecule has 0 atom stereocenters.